The molecule has 0 spiro atoms. The fourth-order valence-corrected chi connectivity index (χ4v) is 3.53. The molecule has 0 aliphatic carbocycles. The zero-order chi connectivity index (χ0) is 17.5. The molecule has 0 aliphatic rings. The number of benzene rings is 1. The molecule has 3 N–H and O–H groups in total. The van der Waals surface area contributed by atoms with Gasteiger partial charge in [0.2, 0.25) is 10.0 Å². The third-order valence-corrected chi connectivity index (χ3v) is 4.95. The minimum absolute atomic E-state index is 0.0393. The van der Waals surface area contributed by atoms with E-state index in [9.17, 15) is 13.2 Å². The van der Waals surface area contributed by atoms with E-state index in [1.54, 1.807) is 0 Å². The van der Waals surface area contributed by atoms with E-state index in [-0.39, 0.29) is 28.8 Å². The highest BCUT2D eigenvalue weighted by molar-refractivity contribution is 7.89. The Morgan fingerprint density at radius 2 is 2.04 bits per heavy atom. The Hall–Kier alpha value is -1.64. The quantitative estimate of drug-likeness (QED) is 0.653. The molecule has 23 heavy (non-hydrogen) atoms. The van der Waals surface area contributed by atoms with E-state index < -0.39 is 16.0 Å². The Balaban J connectivity index is 3.09. The van der Waals surface area contributed by atoms with Gasteiger partial charge < -0.3 is 15.2 Å². The van der Waals surface area contributed by atoms with E-state index in [0.717, 1.165) is 12.8 Å². The van der Waals surface area contributed by atoms with Crippen molar-refractivity contribution in [2.45, 2.75) is 37.1 Å². The van der Waals surface area contributed by atoms with Gasteiger partial charge in [0.15, 0.2) is 0 Å². The van der Waals surface area contributed by atoms with E-state index in [0.29, 0.717) is 6.42 Å². The molecule has 0 aliphatic heterocycles. The summed E-state index contributed by atoms with van der Waals surface area (Å²) in [5.41, 5.74) is 5.84. The van der Waals surface area contributed by atoms with Crippen LogP contribution in [0.2, 0.25) is 0 Å². The fraction of sp³-hybridized carbons (Fsp3) is 0.533. The topological polar surface area (TPSA) is 108 Å². The number of rotatable bonds is 9. The molecule has 1 unspecified atom stereocenters. The molecule has 0 heterocycles. The first-order valence-electron chi connectivity index (χ1n) is 7.38. The maximum absolute atomic E-state index is 12.5. The molecule has 1 rings (SSSR count). The molecule has 0 amide bonds. The van der Waals surface area contributed by atoms with Gasteiger partial charge in [-0.15, -0.1) is 0 Å². The van der Waals surface area contributed by atoms with Crippen molar-refractivity contribution < 1.29 is 22.7 Å². The Kier molecular flexibility index (Phi) is 7.47. The molecule has 0 saturated heterocycles. The molecule has 1 aromatic rings. The smallest absolute Gasteiger partial charge is 0.337 e. The zero-order valence-electron chi connectivity index (χ0n) is 13.7. The Morgan fingerprint density at radius 1 is 1.35 bits per heavy atom. The standard InChI is InChI=1S/C15H24N2O5S/c1-4-5-6-12(10-16)17-23(19,20)14-8-7-11(15(18)22-3)9-13(14)21-2/h7-9,12,17H,4-6,10,16H2,1-3H3. The average molecular weight is 344 g/mol. The van der Waals surface area contributed by atoms with Gasteiger partial charge in [0.05, 0.1) is 19.8 Å². The van der Waals surface area contributed by atoms with Gasteiger partial charge in [-0.1, -0.05) is 19.8 Å². The van der Waals surface area contributed by atoms with Crippen LogP contribution in [0.25, 0.3) is 0 Å². The van der Waals surface area contributed by atoms with Gasteiger partial charge in [0, 0.05) is 12.6 Å². The summed E-state index contributed by atoms with van der Waals surface area (Å²) >= 11 is 0. The number of carbonyl (C=O) groups excluding carboxylic acids is 1. The fourth-order valence-electron chi connectivity index (χ4n) is 2.09. The molecule has 0 radical (unpaired) electrons. The average Bonchev–Trinajstić information content (AvgIpc) is 2.56. The summed E-state index contributed by atoms with van der Waals surface area (Å²) < 4.78 is 37.4. The molecule has 0 saturated carbocycles. The Morgan fingerprint density at radius 3 is 2.57 bits per heavy atom. The molecule has 1 aromatic carbocycles. The van der Waals surface area contributed by atoms with Crippen LogP contribution in [0.3, 0.4) is 0 Å². The predicted octanol–water partition coefficient (Wildman–Crippen LogP) is 1.28. The second-order valence-corrected chi connectivity index (χ2v) is 6.74. The molecule has 130 valence electrons. The SMILES string of the molecule is CCCCC(CN)NS(=O)(=O)c1ccc(C(=O)OC)cc1OC. The monoisotopic (exact) mass is 344 g/mol. The summed E-state index contributed by atoms with van der Waals surface area (Å²) in [5, 5.41) is 0. The first-order valence-corrected chi connectivity index (χ1v) is 8.86. The van der Waals surface area contributed by atoms with Gasteiger partial charge in [0.25, 0.3) is 0 Å². The third-order valence-electron chi connectivity index (χ3n) is 3.39. The van der Waals surface area contributed by atoms with E-state index in [4.69, 9.17) is 10.5 Å². The van der Waals surface area contributed by atoms with E-state index in [2.05, 4.69) is 9.46 Å². The van der Waals surface area contributed by atoms with Gasteiger partial charge in [0.1, 0.15) is 10.6 Å². The first-order chi connectivity index (χ1) is 10.9. The van der Waals surface area contributed by atoms with Crippen LogP contribution in [0.1, 0.15) is 36.5 Å². The van der Waals surface area contributed by atoms with Crippen LogP contribution >= 0.6 is 0 Å². The van der Waals surface area contributed by atoms with E-state index in [1.807, 2.05) is 6.92 Å². The van der Waals surface area contributed by atoms with Crippen LogP contribution in [0.15, 0.2) is 23.1 Å². The van der Waals surface area contributed by atoms with Crippen molar-refractivity contribution in [3.63, 3.8) is 0 Å². The highest BCUT2D eigenvalue weighted by atomic mass is 32.2. The summed E-state index contributed by atoms with van der Waals surface area (Å²) in [5.74, 6) is -0.491. The minimum Gasteiger partial charge on any atom is -0.495 e. The molecule has 7 nitrogen and oxygen atoms in total. The Labute approximate surface area is 137 Å². The Bertz CT molecular complexity index is 631. The largest absolute Gasteiger partial charge is 0.495 e. The first kappa shape index (κ1) is 19.4. The molecular weight excluding hydrogens is 320 g/mol. The number of nitrogens with one attached hydrogen (secondary N) is 1. The second-order valence-electron chi connectivity index (χ2n) is 5.05. The third kappa shape index (κ3) is 5.19. The zero-order valence-corrected chi connectivity index (χ0v) is 14.5. The van der Waals surface area contributed by atoms with Crippen LogP contribution in [0.4, 0.5) is 0 Å². The summed E-state index contributed by atoms with van der Waals surface area (Å²) in [4.78, 5) is 11.5. The van der Waals surface area contributed by atoms with Crippen molar-refractivity contribution in [2.75, 3.05) is 20.8 Å². The highest BCUT2D eigenvalue weighted by Crippen LogP contribution is 2.25. The van der Waals surface area contributed by atoms with Crippen molar-refractivity contribution in [3.05, 3.63) is 23.8 Å². The molecule has 1 atom stereocenters. The number of esters is 1. The molecular formula is C15H24N2O5S. The number of nitrogens with two attached hydrogens (primary N) is 1. The van der Waals surface area contributed by atoms with E-state index >= 15 is 0 Å². The predicted molar refractivity (Wildman–Crippen MR) is 87.0 cm³/mol. The molecule has 8 heteroatoms. The van der Waals surface area contributed by atoms with Crippen LogP contribution in [-0.4, -0.2) is 41.2 Å². The number of unbranched alkanes of at least 4 members (excludes halogenated alkanes) is 1. The lowest BCUT2D eigenvalue weighted by atomic mass is 10.1. The normalized spacial score (nSPS) is 12.7. The number of methoxy groups -OCH3 is 2. The van der Waals surface area contributed by atoms with Crippen molar-refractivity contribution in [1.82, 2.24) is 4.72 Å². The molecule has 0 aromatic heterocycles. The van der Waals surface area contributed by atoms with Gasteiger partial charge in [-0.3, -0.25) is 0 Å². The van der Waals surface area contributed by atoms with Gasteiger partial charge in [-0.05, 0) is 24.6 Å². The maximum Gasteiger partial charge on any atom is 0.337 e. The number of carbonyl (C=O) groups is 1. The lowest BCUT2D eigenvalue weighted by Gasteiger charge is -2.18. The van der Waals surface area contributed by atoms with Crippen LogP contribution in [0.5, 0.6) is 5.75 Å². The second kappa shape index (κ2) is 8.85. The summed E-state index contributed by atoms with van der Waals surface area (Å²) in [6, 6.07) is 3.70. The lowest BCUT2D eigenvalue weighted by molar-refractivity contribution is 0.0600. The van der Waals surface area contributed by atoms with Gasteiger partial charge in [-0.25, -0.2) is 17.9 Å². The summed E-state index contributed by atoms with van der Waals surface area (Å²) in [6.45, 7) is 2.23. The van der Waals surface area contributed by atoms with Crippen LogP contribution in [0, 0.1) is 0 Å². The van der Waals surface area contributed by atoms with Crippen LogP contribution < -0.4 is 15.2 Å². The highest BCUT2D eigenvalue weighted by Gasteiger charge is 2.24. The maximum atomic E-state index is 12.5. The van der Waals surface area contributed by atoms with Crippen molar-refractivity contribution in [3.8, 4) is 5.75 Å². The van der Waals surface area contributed by atoms with E-state index in [1.165, 1.54) is 32.4 Å². The van der Waals surface area contributed by atoms with Gasteiger partial charge >= 0.3 is 5.97 Å². The number of hydrogen-bond acceptors (Lipinski definition) is 6. The number of ether oxygens (including phenoxy) is 2. The van der Waals surface area contributed by atoms with Crippen molar-refractivity contribution >= 4 is 16.0 Å². The summed E-state index contributed by atoms with van der Waals surface area (Å²) in [6.07, 6.45) is 2.49. The lowest BCUT2D eigenvalue weighted by Crippen LogP contribution is -2.40. The molecule has 0 bridgehead atoms. The van der Waals surface area contributed by atoms with Crippen molar-refractivity contribution in [1.29, 1.82) is 0 Å². The minimum atomic E-state index is -3.80. The molecule has 0 fully saturated rings. The van der Waals surface area contributed by atoms with Crippen LogP contribution in [-0.2, 0) is 14.8 Å². The van der Waals surface area contributed by atoms with Gasteiger partial charge in [-0.2, -0.15) is 0 Å². The number of hydrogen-bond donors (Lipinski definition) is 2. The summed E-state index contributed by atoms with van der Waals surface area (Å²) in [7, 11) is -1.21. The number of sulfonamides is 1. The van der Waals surface area contributed by atoms with Crippen molar-refractivity contribution in [2.24, 2.45) is 5.73 Å².